The average Bonchev–Trinajstić information content (AvgIpc) is 3.51. The molecular weight excluding hydrogens is 600 g/mol. The van der Waals surface area contributed by atoms with Crippen molar-refractivity contribution < 1.29 is 41.4 Å². The van der Waals surface area contributed by atoms with Crippen LogP contribution in [0.5, 0.6) is 0 Å². The van der Waals surface area contributed by atoms with Gasteiger partial charge in [0, 0.05) is 27.8 Å². The van der Waals surface area contributed by atoms with Crippen molar-refractivity contribution in [2.75, 3.05) is 18.1 Å². The van der Waals surface area contributed by atoms with Gasteiger partial charge in [-0.05, 0) is 73.7 Å². The minimum absolute atomic E-state index is 0.0115. The number of ketones is 1. The molecule has 1 aromatic heterocycles. The maximum atomic E-state index is 14.6. The number of hydrogen-bond donors (Lipinski definition) is 1. The number of ether oxygens (including phenoxy) is 2. The van der Waals surface area contributed by atoms with Crippen molar-refractivity contribution in [2.45, 2.75) is 38.3 Å². The van der Waals surface area contributed by atoms with Crippen LogP contribution in [0.15, 0.2) is 88.7 Å². The molecule has 7 nitrogen and oxygen atoms in total. The minimum Gasteiger partial charge on any atom is -0.465 e. The van der Waals surface area contributed by atoms with Crippen molar-refractivity contribution in [2.24, 2.45) is 11.7 Å². The van der Waals surface area contributed by atoms with Crippen molar-refractivity contribution in [3.63, 3.8) is 0 Å². The molecule has 0 saturated carbocycles. The van der Waals surface area contributed by atoms with Crippen LogP contribution in [0.3, 0.4) is 0 Å². The SMILES string of the molecule is CCOC(=O)C1=C(N)N(c2ccc(C(F)(F)F)cc2)C2=C(C(=O)[C@H](C(=O)OCC)[C@@H](c3cccs3)C2)[C@H]1c1cccc(F)c1. The average molecular weight is 629 g/mol. The first-order valence-corrected chi connectivity index (χ1v) is 14.7. The van der Waals surface area contributed by atoms with E-state index >= 15 is 0 Å². The molecule has 5 rings (SSSR count). The Labute approximate surface area is 254 Å². The van der Waals surface area contributed by atoms with Crippen molar-refractivity contribution in [1.29, 1.82) is 0 Å². The number of nitrogens with zero attached hydrogens (tertiary/aromatic N) is 1. The van der Waals surface area contributed by atoms with Gasteiger partial charge in [-0.15, -0.1) is 11.3 Å². The molecule has 2 aliphatic rings. The van der Waals surface area contributed by atoms with Gasteiger partial charge in [0.1, 0.15) is 17.6 Å². The molecule has 44 heavy (non-hydrogen) atoms. The van der Waals surface area contributed by atoms with Gasteiger partial charge in [-0.3, -0.25) is 14.5 Å². The third-order valence-electron chi connectivity index (χ3n) is 7.62. The predicted octanol–water partition coefficient (Wildman–Crippen LogP) is 6.43. The highest BCUT2D eigenvalue weighted by Gasteiger charge is 2.51. The second kappa shape index (κ2) is 12.3. The number of nitrogens with two attached hydrogens (primary N) is 1. The van der Waals surface area contributed by atoms with Gasteiger partial charge in [0.2, 0.25) is 0 Å². The van der Waals surface area contributed by atoms with E-state index in [1.807, 2.05) is 0 Å². The first-order chi connectivity index (χ1) is 21.0. The number of rotatable bonds is 7. The molecule has 0 spiro atoms. The highest BCUT2D eigenvalue weighted by Crippen LogP contribution is 2.52. The van der Waals surface area contributed by atoms with E-state index in [0.29, 0.717) is 4.88 Å². The van der Waals surface area contributed by atoms with E-state index in [1.165, 1.54) is 46.6 Å². The van der Waals surface area contributed by atoms with Crippen LogP contribution in [0.1, 0.15) is 48.1 Å². The predicted molar refractivity (Wildman–Crippen MR) is 155 cm³/mol. The number of carbonyl (C=O) groups is 3. The van der Waals surface area contributed by atoms with Crippen LogP contribution in [-0.4, -0.2) is 30.9 Å². The Kier molecular flexibility index (Phi) is 8.64. The molecule has 2 heterocycles. The van der Waals surface area contributed by atoms with Crippen LogP contribution in [0.2, 0.25) is 0 Å². The van der Waals surface area contributed by atoms with Gasteiger partial charge in [0.25, 0.3) is 0 Å². The Hall–Kier alpha value is -4.45. The molecule has 2 aromatic carbocycles. The summed E-state index contributed by atoms with van der Waals surface area (Å²) in [5.74, 6) is -6.40. The van der Waals surface area contributed by atoms with Gasteiger partial charge in [0.05, 0.1) is 30.3 Å². The Bertz CT molecular complexity index is 1650. The standard InChI is InChI=1S/C32H28F4N2O5S/c1-3-42-30(40)25-21(23-9-6-14-44-23)16-22-26(28(25)39)24(17-7-5-8-19(33)15-17)27(31(41)43-4-2)29(37)38(22)20-12-10-18(11-13-20)32(34,35)36/h5-15,21,24-25H,3-4,16,37H2,1-2H3/t21-,24-,25-/m1/s1. The zero-order valence-electron chi connectivity index (χ0n) is 23.7. The zero-order valence-corrected chi connectivity index (χ0v) is 24.5. The number of thiophene rings is 1. The van der Waals surface area contributed by atoms with Gasteiger partial charge < -0.3 is 15.2 Å². The van der Waals surface area contributed by atoms with Crippen LogP contribution < -0.4 is 10.6 Å². The Morgan fingerprint density at radius 1 is 1.02 bits per heavy atom. The smallest absolute Gasteiger partial charge is 0.416 e. The number of Topliss-reactive ketones (excluding diaryl/α,β-unsaturated/α-hetero) is 1. The fraction of sp³-hybridized carbons (Fsp3) is 0.281. The van der Waals surface area contributed by atoms with Crippen molar-refractivity contribution >= 4 is 34.7 Å². The van der Waals surface area contributed by atoms with Gasteiger partial charge in [-0.25, -0.2) is 9.18 Å². The second-order valence-electron chi connectivity index (χ2n) is 10.2. The summed E-state index contributed by atoms with van der Waals surface area (Å²) in [6.07, 6.45) is -4.57. The molecule has 0 unspecified atom stereocenters. The topological polar surface area (TPSA) is 98.9 Å². The molecule has 0 fully saturated rings. The molecule has 230 valence electrons. The molecule has 3 atom stereocenters. The van der Waals surface area contributed by atoms with Crippen LogP contribution in [0.25, 0.3) is 0 Å². The zero-order chi connectivity index (χ0) is 31.8. The maximum Gasteiger partial charge on any atom is 0.416 e. The first kappa shape index (κ1) is 31.0. The van der Waals surface area contributed by atoms with E-state index < -0.39 is 53.0 Å². The lowest BCUT2D eigenvalue weighted by Crippen LogP contribution is -2.46. The molecule has 0 amide bonds. The van der Waals surface area contributed by atoms with Gasteiger partial charge in [-0.1, -0.05) is 18.2 Å². The fourth-order valence-corrected chi connectivity index (χ4v) is 6.69. The lowest BCUT2D eigenvalue weighted by atomic mass is 9.68. The Morgan fingerprint density at radius 3 is 2.32 bits per heavy atom. The van der Waals surface area contributed by atoms with Crippen LogP contribution >= 0.6 is 11.3 Å². The monoisotopic (exact) mass is 628 g/mol. The molecule has 12 heteroatoms. The molecule has 0 bridgehead atoms. The minimum atomic E-state index is -4.61. The lowest BCUT2D eigenvalue weighted by Gasteiger charge is -2.43. The highest BCUT2D eigenvalue weighted by atomic mass is 32.1. The van der Waals surface area contributed by atoms with E-state index in [0.717, 1.165) is 18.2 Å². The summed E-state index contributed by atoms with van der Waals surface area (Å²) in [5.41, 5.74) is 6.19. The summed E-state index contributed by atoms with van der Waals surface area (Å²) >= 11 is 1.33. The molecule has 1 aliphatic heterocycles. The summed E-state index contributed by atoms with van der Waals surface area (Å²) in [6, 6.07) is 13.0. The fourth-order valence-electron chi connectivity index (χ4n) is 5.82. The summed E-state index contributed by atoms with van der Waals surface area (Å²) in [6.45, 7) is 3.14. The quantitative estimate of drug-likeness (QED) is 0.183. The number of esters is 2. The molecule has 0 saturated heterocycles. The number of halogens is 4. The van der Waals surface area contributed by atoms with Crippen LogP contribution in [-0.2, 0) is 30.0 Å². The van der Waals surface area contributed by atoms with Crippen LogP contribution in [0.4, 0.5) is 23.2 Å². The largest absolute Gasteiger partial charge is 0.465 e. The number of allylic oxidation sites excluding steroid dienone is 2. The third-order valence-corrected chi connectivity index (χ3v) is 8.62. The Morgan fingerprint density at radius 2 is 1.73 bits per heavy atom. The van der Waals surface area contributed by atoms with E-state index in [-0.39, 0.29) is 53.5 Å². The third kappa shape index (κ3) is 5.61. The molecular formula is C32H28F4N2O5S. The second-order valence-corrected chi connectivity index (χ2v) is 11.1. The van der Waals surface area contributed by atoms with Crippen LogP contribution in [0, 0.1) is 11.7 Å². The van der Waals surface area contributed by atoms with Crippen molar-refractivity contribution in [1.82, 2.24) is 0 Å². The number of benzene rings is 2. The normalized spacial score (nSPS) is 20.5. The summed E-state index contributed by atoms with van der Waals surface area (Å²) in [5, 5.41) is 1.79. The Balaban J connectivity index is 1.81. The van der Waals surface area contributed by atoms with Gasteiger partial charge in [0.15, 0.2) is 5.78 Å². The molecule has 0 radical (unpaired) electrons. The molecule has 1 aliphatic carbocycles. The van der Waals surface area contributed by atoms with Gasteiger partial charge >= 0.3 is 18.1 Å². The van der Waals surface area contributed by atoms with Crippen molar-refractivity contribution in [3.8, 4) is 0 Å². The van der Waals surface area contributed by atoms with E-state index in [1.54, 1.807) is 31.4 Å². The summed E-state index contributed by atoms with van der Waals surface area (Å²) in [4.78, 5) is 43.6. The lowest BCUT2D eigenvalue weighted by molar-refractivity contribution is -0.152. The summed E-state index contributed by atoms with van der Waals surface area (Å²) < 4.78 is 65.6. The van der Waals surface area contributed by atoms with Gasteiger partial charge in [-0.2, -0.15) is 13.2 Å². The van der Waals surface area contributed by atoms with Crippen molar-refractivity contribution in [3.05, 3.63) is 111 Å². The number of hydrogen-bond acceptors (Lipinski definition) is 8. The maximum absolute atomic E-state index is 14.6. The van der Waals surface area contributed by atoms with E-state index in [4.69, 9.17) is 15.2 Å². The number of anilines is 1. The first-order valence-electron chi connectivity index (χ1n) is 13.8. The van der Waals surface area contributed by atoms with E-state index in [9.17, 15) is 31.9 Å². The highest BCUT2D eigenvalue weighted by molar-refractivity contribution is 7.10. The molecule has 3 aromatic rings. The summed E-state index contributed by atoms with van der Waals surface area (Å²) in [7, 11) is 0. The number of alkyl halides is 3. The molecule has 2 N–H and O–H groups in total. The number of carbonyl (C=O) groups excluding carboxylic acids is 3. The van der Waals surface area contributed by atoms with E-state index in [2.05, 4.69) is 0 Å².